The van der Waals surface area contributed by atoms with Crippen LogP contribution in [0.4, 0.5) is 0 Å². The van der Waals surface area contributed by atoms with Gasteiger partial charge in [-0.3, -0.25) is 4.79 Å². The molecule has 1 aliphatic heterocycles. The second-order valence-electron chi connectivity index (χ2n) is 6.69. The highest BCUT2D eigenvalue weighted by molar-refractivity contribution is 5.97. The lowest BCUT2D eigenvalue weighted by Crippen LogP contribution is -2.29. The normalized spacial score (nSPS) is 18.7. The van der Waals surface area contributed by atoms with Gasteiger partial charge in [0.05, 0.1) is 5.39 Å². The molecule has 0 fully saturated rings. The fourth-order valence-electron chi connectivity index (χ4n) is 3.27. The summed E-state index contributed by atoms with van der Waals surface area (Å²) in [6.07, 6.45) is -0.183. The van der Waals surface area contributed by atoms with E-state index >= 15 is 0 Å². The second-order valence-corrected chi connectivity index (χ2v) is 6.69. The van der Waals surface area contributed by atoms with Gasteiger partial charge in [0.25, 0.3) is 0 Å². The third-order valence-corrected chi connectivity index (χ3v) is 4.99. The van der Waals surface area contributed by atoms with Crippen molar-refractivity contribution in [3.63, 3.8) is 0 Å². The van der Waals surface area contributed by atoms with Crippen LogP contribution in [-0.4, -0.2) is 21.4 Å². The zero-order valence-corrected chi connectivity index (χ0v) is 13.4. The van der Waals surface area contributed by atoms with E-state index < -0.39 is 16.6 Å². The Morgan fingerprint density at radius 3 is 2.54 bits per heavy atom. The van der Waals surface area contributed by atoms with Gasteiger partial charge in [-0.15, -0.1) is 0 Å². The van der Waals surface area contributed by atoms with Gasteiger partial charge in [-0.05, 0) is 19.1 Å². The van der Waals surface area contributed by atoms with Crippen LogP contribution in [0, 0.1) is 0 Å². The summed E-state index contributed by atoms with van der Waals surface area (Å²) in [5.74, 6) is -0.623. The van der Waals surface area contributed by atoms with Crippen LogP contribution >= 0.6 is 0 Å². The average Bonchev–Trinajstić information content (AvgIpc) is 2.73. The molecular weight excluding hydrogens is 312 g/mol. The number of rotatable bonds is 0. The Bertz CT molecular complexity index is 1080. The van der Waals surface area contributed by atoms with Crippen LogP contribution < -0.4 is 10.2 Å². The van der Waals surface area contributed by atoms with E-state index in [-0.39, 0.29) is 39.5 Å². The first-order valence-electron chi connectivity index (χ1n) is 7.58. The summed E-state index contributed by atoms with van der Waals surface area (Å²) in [4.78, 5) is 12.8. The Balaban J connectivity index is 2.21. The van der Waals surface area contributed by atoms with Gasteiger partial charge in [-0.2, -0.15) is 0 Å². The van der Waals surface area contributed by atoms with E-state index in [1.54, 1.807) is 6.07 Å². The smallest absolute Gasteiger partial charge is 0.204 e. The van der Waals surface area contributed by atoms with Gasteiger partial charge in [0, 0.05) is 17.0 Å². The van der Waals surface area contributed by atoms with Crippen molar-refractivity contribution in [2.24, 2.45) is 0 Å². The van der Waals surface area contributed by atoms with E-state index in [1.165, 1.54) is 12.1 Å². The predicted molar refractivity (Wildman–Crippen MR) is 88.1 cm³/mol. The van der Waals surface area contributed by atoms with E-state index in [0.29, 0.717) is 11.3 Å². The van der Waals surface area contributed by atoms with Crippen LogP contribution in [0.3, 0.4) is 0 Å². The third-order valence-electron chi connectivity index (χ3n) is 4.99. The summed E-state index contributed by atoms with van der Waals surface area (Å²) >= 11 is 0. The molecule has 0 spiro atoms. The monoisotopic (exact) mass is 328 g/mol. The first kappa shape index (κ1) is 14.7. The molecule has 2 heterocycles. The highest BCUT2D eigenvalue weighted by Gasteiger charge is 2.42. The largest absolute Gasteiger partial charge is 0.507 e. The Hall–Kier alpha value is -2.89. The van der Waals surface area contributed by atoms with Crippen LogP contribution in [0.25, 0.3) is 21.9 Å². The van der Waals surface area contributed by atoms with Crippen LogP contribution in [0.1, 0.15) is 26.3 Å². The zero-order valence-electron chi connectivity index (χ0n) is 13.4. The summed E-state index contributed by atoms with van der Waals surface area (Å²) < 4.78 is 11.4. The van der Waals surface area contributed by atoms with Crippen molar-refractivity contribution in [2.45, 2.75) is 32.3 Å². The molecule has 0 saturated carbocycles. The lowest BCUT2D eigenvalue weighted by Gasteiger charge is -2.22. The van der Waals surface area contributed by atoms with E-state index in [1.807, 2.05) is 20.8 Å². The van der Waals surface area contributed by atoms with Crippen LogP contribution in [0.2, 0.25) is 0 Å². The van der Waals surface area contributed by atoms with Gasteiger partial charge in [-0.25, -0.2) is 0 Å². The van der Waals surface area contributed by atoms with Crippen molar-refractivity contribution in [1.29, 1.82) is 0 Å². The molecule has 3 aromatic rings. The standard InChI is InChI=1S/C18H16O6/c1-7-18(2,3)13-11(23-7)6-10-12(16(13)22)14(20)8-4-5-9(19)15(21)17(8)24-10/h4-7,19,21-22H,1-3H3/t7-/m1/s1. The number of phenols is 3. The second kappa shape index (κ2) is 4.35. The molecule has 124 valence electrons. The van der Waals surface area contributed by atoms with Crippen molar-refractivity contribution >= 4 is 21.9 Å². The lowest BCUT2D eigenvalue weighted by atomic mass is 9.80. The quantitative estimate of drug-likeness (QED) is 0.433. The number of benzene rings is 2. The number of hydrogen-bond acceptors (Lipinski definition) is 6. The van der Waals surface area contributed by atoms with E-state index in [2.05, 4.69) is 0 Å². The average molecular weight is 328 g/mol. The van der Waals surface area contributed by atoms with Crippen LogP contribution in [0.5, 0.6) is 23.0 Å². The molecule has 3 N–H and O–H groups in total. The first-order chi connectivity index (χ1) is 11.2. The van der Waals surface area contributed by atoms with Gasteiger partial charge < -0.3 is 24.5 Å². The molecule has 6 heteroatoms. The number of phenolic OH excluding ortho intramolecular Hbond substituents is 3. The molecule has 24 heavy (non-hydrogen) atoms. The fourth-order valence-corrected chi connectivity index (χ4v) is 3.27. The molecule has 2 aromatic carbocycles. The van der Waals surface area contributed by atoms with E-state index in [4.69, 9.17) is 9.15 Å². The molecule has 1 atom stereocenters. The minimum Gasteiger partial charge on any atom is -0.507 e. The third kappa shape index (κ3) is 1.62. The first-order valence-corrected chi connectivity index (χ1v) is 7.58. The minimum atomic E-state index is -0.513. The maximum Gasteiger partial charge on any atom is 0.204 e. The Morgan fingerprint density at radius 2 is 1.83 bits per heavy atom. The number of ether oxygens (including phenoxy) is 1. The van der Waals surface area contributed by atoms with Crippen LogP contribution in [0.15, 0.2) is 27.4 Å². The van der Waals surface area contributed by atoms with Gasteiger partial charge in [-0.1, -0.05) is 13.8 Å². The van der Waals surface area contributed by atoms with Crippen molar-refractivity contribution < 1.29 is 24.5 Å². The highest BCUT2D eigenvalue weighted by atomic mass is 16.5. The number of aromatic hydroxyl groups is 3. The summed E-state index contributed by atoms with van der Waals surface area (Å²) in [6, 6.07) is 4.10. The summed E-state index contributed by atoms with van der Waals surface area (Å²) in [5, 5.41) is 30.4. The molecule has 4 rings (SSSR count). The molecule has 0 radical (unpaired) electrons. The lowest BCUT2D eigenvalue weighted by molar-refractivity contribution is 0.185. The molecule has 0 aliphatic carbocycles. The molecule has 0 saturated heterocycles. The fraction of sp³-hybridized carbons (Fsp3) is 0.278. The maximum absolute atomic E-state index is 12.8. The Morgan fingerprint density at radius 1 is 1.12 bits per heavy atom. The number of fused-ring (bicyclic) bond motifs is 3. The molecule has 6 nitrogen and oxygen atoms in total. The zero-order chi connectivity index (χ0) is 17.4. The van der Waals surface area contributed by atoms with Gasteiger partial charge in [0.15, 0.2) is 11.3 Å². The molecule has 1 aromatic heterocycles. The van der Waals surface area contributed by atoms with Gasteiger partial charge in [0.2, 0.25) is 11.2 Å². The summed E-state index contributed by atoms with van der Waals surface area (Å²) in [7, 11) is 0. The van der Waals surface area contributed by atoms with Crippen molar-refractivity contribution in [3.05, 3.63) is 34.0 Å². The Kier molecular flexibility index (Phi) is 2.66. The van der Waals surface area contributed by atoms with Crippen molar-refractivity contribution in [2.75, 3.05) is 0 Å². The Labute approximate surface area is 136 Å². The van der Waals surface area contributed by atoms with E-state index in [0.717, 1.165) is 0 Å². The maximum atomic E-state index is 12.8. The molecule has 0 amide bonds. The van der Waals surface area contributed by atoms with Gasteiger partial charge >= 0.3 is 0 Å². The molecule has 1 aliphatic rings. The molecular formula is C18H16O6. The number of hydrogen-bond donors (Lipinski definition) is 3. The molecule has 0 bridgehead atoms. The van der Waals surface area contributed by atoms with Crippen molar-refractivity contribution in [3.8, 4) is 23.0 Å². The summed E-state index contributed by atoms with van der Waals surface area (Å²) in [6.45, 7) is 5.75. The topological polar surface area (TPSA) is 100 Å². The molecule has 0 unspecified atom stereocenters. The SMILES string of the molecule is C[C@H]1Oc2cc3oc4c(O)c(O)ccc4c(=O)c3c(O)c2C1(C)C. The minimum absolute atomic E-state index is 0.0390. The van der Waals surface area contributed by atoms with E-state index in [9.17, 15) is 20.1 Å². The van der Waals surface area contributed by atoms with Gasteiger partial charge in [0.1, 0.15) is 28.6 Å². The van der Waals surface area contributed by atoms with Crippen molar-refractivity contribution in [1.82, 2.24) is 0 Å². The summed E-state index contributed by atoms with van der Waals surface area (Å²) in [5.41, 5.74) is -0.410. The predicted octanol–water partition coefficient (Wildman–Crippen LogP) is 3.12. The highest BCUT2D eigenvalue weighted by Crippen LogP contribution is 2.50. The van der Waals surface area contributed by atoms with Crippen LogP contribution in [-0.2, 0) is 5.41 Å².